The van der Waals surface area contributed by atoms with E-state index < -0.39 is 44.8 Å². The van der Waals surface area contributed by atoms with E-state index >= 15 is 0 Å². The van der Waals surface area contributed by atoms with E-state index in [-0.39, 0.29) is 53.2 Å². The number of anilines is 4. The molecule has 1 unspecified atom stereocenters. The Morgan fingerprint density at radius 1 is 0.905 bits per heavy atom. The smallest absolute Gasteiger partial charge is 0.266 e. The molecular formula is C46H56ClN7O8S. The average molecular weight is 903 g/mol. The lowest BCUT2D eigenvalue weighted by atomic mass is 9.86. The number of nitrogens with one attached hydrogen (secondary N) is 3. The molecule has 4 amide bonds. The first-order valence-electron chi connectivity index (χ1n) is 21.5. The molecule has 63 heavy (non-hydrogen) atoms. The van der Waals surface area contributed by atoms with Gasteiger partial charge in [0.25, 0.3) is 11.8 Å². The van der Waals surface area contributed by atoms with Gasteiger partial charge < -0.3 is 25.0 Å². The summed E-state index contributed by atoms with van der Waals surface area (Å²) in [6.07, 6.45) is 6.23. The topological polar surface area (TPSA) is 189 Å². The van der Waals surface area contributed by atoms with Gasteiger partial charge in [-0.3, -0.25) is 29.4 Å². The van der Waals surface area contributed by atoms with E-state index in [1.54, 1.807) is 56.3 Å². The highest BCUT2D eigenvalue weighted by molar-refractivity contribution is 7.92. The lowest BCUT2D eigenvalue weighted by Crippen LogP contribution is -2.54. The van der Waals surface area contributed by atoms with E-state index in [0.29, 0.717) is 35.4 Å². The number of carbonyl (C=O) groups is 4. The number of para-hydroxylation sites is 1. The van der Waals surface area contributed by atoms with Crippen LogP contribution in [-0.2, 0) is 19.4 Å². The molecule has 1 atom stereocenters. The van der Waals surface area contributed by atoms with Gasteiger partial charge in [-0.1, -0.05) is 29.8 Å². The average Bonchev–Trinajstić information content (AvgIpc) is 3.50. The third kappa shape index (κ3) is 10.1. The maximum absolute atomic E-state index is 13.4. The lowest BCUT2D eigenvalue weighted by molar-refractivity contribution is -0.136. The van der Waals surface area contributed by atoms with E-state index in [2.05, 4.69) is 49.9 Å². The number of piperidine rings is 2. The number of benzene rings is 3. The van der Waals surface area contributed by atoms with Crippen molar-refractivity contribution in [2.75, 3.05) is 36.9 Å². The zero-order valence-corrected chi connectivity index (χ0v) is 37.8. The van der Waals surface area contributed by atoms with Gasteiger partial charge in [-0.2, -0.15) is 4.98 Å². The van der Waals surface area contributed by atoms with Crippen molar-refractivity contribution < 1.29 is 38.5 Å². The number of nitrogens with zero attached hydrogens (tertiary/aromatic N) is 4. The number of rotatable bonds is 17. The highest BCUT2D eigenvalue weighted by Crippen LogP contribution is 2.39. The van der Waals surface area contributed by atoms with Crippen LogP contribution in [0, 0.1) is 6.92 Å². The summed E-state index contributed by atoms with van der Waals surface area (Å²) in [4.78, 5) is 63.3. The third-order valence-corrected chi connectivity index (χ3v) is 14.1. The number of carbonyl (C=O) groups excluding carboxylic acids is 4. The Hall–Kier alpha value is -5.58. The maximum atomic E-state index is 13.4. The summed E-state index contributed by atoms with van der Waals surface area (Å²) in [5, 5.41) is 8.27. The van der Waals surface area contributed by atoms with Crippen molar-refractivity contribution in [3.8, 4) is 11.5 Å². The Balaban J connectivity index is 0.00000680. The van der Waals surface area contributed by atoms with Crippen LogP contribution >= 0.6 is 11.6 Å². The van der Waals surface area contributed by atoms with Crippen LogP contribution in [0.5, 0.6) is 11.5 Å². The molecule has 2 fully saturated rings. The van der Waals surface area contributed by atoms with Gasteiger partial charge in [0.15, 0.2) is 15.7 Å². The molecule has 0 spiro atoms. The number of hydrogen-bond acceptors (Lipinski definition) is 13. The molecule has 4 aromatic rings. The minimum Gasteiger partial charge on any atom is -0.493 e. The van der Waals surface area contributed by atoms with Gasteiger partial charge >= 0.3 is 0 Å². The second-order valence-electron chi connectivity index (χ2n) is 16.8. The standard InChI is InChI=1S/C46H54ClN7O8S.H2/c1-27(2)62-38-25-32(29(5)24-35(38)50-46-48-26-33(47)42(52-46)49-34-13-7-8-15-39(34)63(59,60)28(3)4)30-18-21-53(22-19-30)20-9-6-10-23-61-37-14-11-12-31-41(37)45(58)54(44(31)57)36-16-17-40(55)51-43(36)56;/h7-8,11-15,24-28,30,36H,6,9-10,16-23H2,1-5H3,(H,51,55,56)(H2,48,49,50,52);1H. The number of halogens is 1. The normalized spacial score (nSPS) is 17.3. The zero-order valence-electron chi connectivity index (χ0n) is 36.2. The van der Waals surface area contributed by atoms with Crippen molar-refractivity contribution in [1.82, 2.24) is 25.1 Å². The molecule has 17 heteroatoms. The number of ether oxygens (including phenoxy) is 2. The second-order valence-corrected chi connectivity index (χ2v) is 19.6. The molecule has 7 rings (SSSR count). The highest BCUT2D eigenvalue weighted by Gasteiger charge is 2.46. The van der Waals surface area contributed by atoms with E-state index in [0.717, 1.165) is 62.2 Å². The Labute approximate surface area is 374 Å². The fourth-order valence-electron chi connectivity index (χ4n) is 8.30. The first kappa shape index (κ1) is 45.4. The minimum absolute atomic E-state index is 0. The van der Waals surface area contributed by atoms with Crippen LogP contribution in [0.1, 0.15) is 112 Å². The largest absolute Gasteiger partial charge is 0.493 e. The van der Waals surface area contributed by atoms with Crippen LogP contribution < -0.4 is 25.4 Å². The summed E-state index contributed by atoms with van der Waals surface area (Å²) in [5.74, 6) is -0.304. The molecule has 4 heterocycles. The van der Waals surface area contributed by atoms with Crippen molar-refractivity contribution in [2.24, 2.45) is 0 Å². The van der Waals surface area contributed by atoms with Crippen LogP contribution in [0.15, 0.2) is 65.7 Å². The van der Waals surface area contributed by atoms with E-state index in [1.807, 2.05) is 13.8 Å². The third-order valence-electron chi connectivity index (χ3n) is 11.6. The van der Waals surface area contributed by atoms with Gasteiger partial charge in [0.2, 0.25) is 17.8 Å². The van der Waals surface area contributed by atoms with E-state index in [1.165, 1.54) is 11.8 Å². The fourth-order valence-corrected chi connectivity index (χ4v) is 9.64. The molecule has 0 bridgehead atoms. The summed E-state index contributed by atoms with van der Waals surface area (Å²) in [7, 11) is -3.58. The number of likely N-dealkylation sites (tertiary alicyclic amines) is 1. The van der Waals surface area contributed by atoms with E-state index in [4.69, 9.17) is 21.1 Å². The Morgan fingerprint density at radius 2 is 1.67 bits per heavy atom. The Kier molecular flexibility index (Phi) is 14.0. The molecule has 3 aliphatic heterocycles. The van der Waals surface area contributed by atoms with Crippen molar-refractivity contribution in [2.45, 2.75) is 108 Å². The highest BCUT2D eigenvalue weighted by atomic mass is 35.5. The van der Waals surface area contributed by atoms with Crippen LogP contribution in [0.2, 0.25) is 5.02 Å². The molecule has 15 nitrogen and oxygen atoms in total. The number of imide groups is 2. The predicted octanol–water partition coefficient (Wildman–Crippen LogP) is 7.97. The molecule has 0 aliphatic carbocycles. The quantitative estimate of drug-likeness (QED) is 0.0684. The zero-order chi connectivity index (χ0) is 45.0. The number of sulfone groups is 1. The molecule has 0 saturated carbocycles. The van der Waals surface area contributed by atoms with E-state index in [9.17, 15) is 27.6 Å². The summed E-state index contributed by atoms with van der Waals surface area (Å²) < 4.78 is 38.5. The molecule has 2 saturated heterocycles. The lowest BCUT2D eigenvalue weighted by Gasteiger charge is -2.33. The molecule has 3 aliphatic rings. The number of unbranched alkanes of at least 4 members (excludes halogenated alkanes) is 2. The molecule has 3 aromatic carbocycles. The number of amides is 4. The summed E-state index contributed by atoms with van der Waals surface area (Å²) in [6.45, 7) is 12.6. The van der Waals surface area contributed by atoms with Gasteiger partial charge in [0.05, 0.1) is 51.6 Å². The molecular weight excluding hydrogens is 846 g/mol. The van der Waals surface area contributed by atoms with Gasteiger partial charge in [0.1, 0.15) is 22.6 Å². The predicted molar refractivity (Wildman–Crippen MR) is 242 cm³/mol. The van der Waals surface area contributed by atoms with Crippen molar-refractivity contribution in [1.29, 1.82) is 0 Å². The first-order valence-corrected chi connectivity index (χ1v) is 23.4. The Morgan fingerprint density at radius 3 is 2.40 bits per heavy atom. The number of aryl methyl sites for hydroxylation is 1. The number of aromatic nitrogens is 2. The van der Waals surface area contributed by atoms with Crippen molar-refractivity contribution in [3.05, 3.63) is 88.1 Å². The van der Waals surface area contributed by atoms with Crippen molar-refractivity contribution >= 4 is 68.2 Å². The molecule has 1 aromatic heterocycles. The molecule has 336 valence electrons. The fraction of sp³-hybridized carbons (Fsp3) is 0.435. The first-order chi connectivity index (χ1) is 30.1. The SMILES string of the molecule is Cc1cc(Nc2ncc(Cl)c(Nc3ccccc3S(=O)(=O)C(C)C)n2)c(OC(C)C)cc1C1CCN(CCCCCOc2cccc3c2C(=O)N(C2CCC(=O)NC2=O)C3=O)CC1.[HH]. The van der Waals surface area contributed by atoms with Crippen LogP contribution in [0.25, 0.3) is 0 Å². The minimum atomic E-state index is -3.58. The van der Waals surface area contributed by atoms with Gasteiger partial charge in [0, 0.05) is 7.85 Å². The monoisotopic (exact) mass is 901 g/mol. The molecule has 0 radical (unpaired) electrons. The maximum Gasteiger partial charge on any atom is 0.266 e. The summed E-state index contributed by atoms with van der Waals surface area (Å²) >= 11 is 6.51. The van der Waals surface area contributed by atoms with Crippen LogP contribution in [0.4, 0.5) is 23.1 Å². The van der Waals surface area contributed by atoms with Crippen LogP contribution in [-0.4, -0.2) is 95.5 Å². The molecule has 3 N–H and O–H groups in total. The second kappa shape index (κ2) is 19.4. The van der Waals surface area contributed by atoms with Gasteiger partial charge in [-0.15, -0.1) is 0 Å². The van der Waals surface area contributed by atoms with Gasteiger partial charge in [-0.25, -0.2) is 13.4 Å². The number of hydrogen-bond donors (Lipinski definition) is 3. The number of fused-ring (bicyclic) bond motifs is 1. The summed E-state index contributed by atoms with van der Waals surface area (Å²) in [6, 6.07) is 14.7. The van der Waals surface area contributed by atoms with Gasteiger partial charge in [-0.05, 0) is 146 Å². The summed E-state index contributed by atoms with van der Waals surface area (Å²) in [5.41, 5.74) is 3.80. The van der Waals surface area contributed by atoms with Crippen molar-refractivity contribution in [3.63, 3.8) is 0 Å². The Bertz CT molecular complexity index is 2520. The van der Waals surface area contributed by atoms with Crippen LogP contribution in [0.3, 0.4) is 0 Å².